The number of aryl methyl sites for hydroxylation is 1. The van der Waals surface area contributed by atoms with Crippen LogP contribution in [0.1, 0.15) is 29.9 Å². The van der Waals surface area contributed by atoms with Crippen LogP contribution in [-0.4, -0.2) is 36.7 Å². The monoisotopic (exact) mass is 425 g/mol. The molecular formula is C23H24FN3O4. The molecule has 0 aliphatic heterocycles. The molecule has 2 N–H and O–H groups in total. The maximum Gasteiger partial charge on any atom is 0.313 e. The van der Waals surface area contributed by atoms with Crippen molar-refractivity contribution in [3.05, 3.63) is 65.2 Å². The second kappa shape index (κ2) is 8.99. The first kappa shape index (κ1) is 22.0. The molecule has 162 valence electrons. The number of carbonyl (C=O) groups excluding carboxylic acids is 3. The molecule has 31 heavy (non-hydrogen) atoms. The predicted molar refractivity (Wildman–Crippen MR) is 115 cm³/mol. The van der Waals surface area contributed by atoms with Gasteiger partial charge in [-0.25, -0.2) is 4.39 Å². The van der Waals surface area contributed by atoms with E-state index in [0.717, 1.165) is 5.56 Å². The van der Waals surface area contributed by atoms with Gasteiger partial charge >= 0.3 is 11.8 Å². The van der Waals surface area contributed by atoms with Crippen molar-refractivity contribution < 1.29 is 23.2 Å². The largest absolute Gasteiger partial charge is 0.459 e. The van der Waals surface area contributed by atoms with Crippen molar-refractivity contribution in [2.75, 3.05) is 19.4 Å². The van der Waals surface area contributed by atoms with Crippen LogP contribution in [0.2, 0.25) is 0 Å². The van der Waals surface area contributed by atoms with E-state index < -0.39 is 17.9 Å². The van der Waals surface area contributed by atoms with Gasteiger partial charge in [-0.05, 0) is 49.7 Å². The average Bonchev–Trinajstić information content (AvgIpc) is 3.05. The van der Waals surface area contributed by atoms with Crippen molar-refractivity contribution in [1.82, 2.24) is 10.2 Å². The number of amides is 3. The Hall–Kier alpha value is -3.68. The molecule has 1 unspecified atom stereocenters. The summed E-state index contributed by atoms with van der Waals surface area (Å²) in [6, 6.07) is 10.3. The second-order valence-corrected chi connectivity index (χ2v) is 7.54. The van der Waals surface area contributed by atoms with Gasteiger partial charge in [-0.3, -0.25) is 14.4 Å². The minimum absolute atomic E-state index is 0.0335. The van der Waals surface area contributed by atoms with Crippen LogP contribution in [0.3, 0.4) is 0 Å². The molecule has 3 aromatic rings. The van der Waals surface area contributed by atoms with E-state index in [1.54, 1.807) is 52.2 Å². The topological polar surface area (TPSA) is 91.7 Å². The Morgan fingerprint density at radius 3 is 2.39 bits per heavy atom. The normalized spacial score (nSPS) is 11.8. The van der Waals surface area contributed by atoms with Gasteiger partial charge in [-0.1, -0.05) is 12.1 Å². The number of fused-ring (bicyclic) bond motifs is 1. The van der Waals surface area contributed by atoms with Crippen LogP contribution < -0.4 is 10.6 Å². The molecule has 0 spiro atoms. The lowest BCUT2D eigenvalue weighted by Gasteiger charge is -2.13. The van der Waals surface area contributed by atoms with E-state index in [0.29, 0.717) is 28.0 Å². The summed E-state index contributed by atoms with van der Waals surface area (Å²) in [4.78, 5) is 37.9. The highest BCUT2D eigenvalue weighted by Crippen LogP contribution is 2.29. The summed E-state index contributed by atoms with van der Waals surface area (Å²) in [5.74, 6) is -1.62. The third-order valence-electron chi connectivity index (χ3n) is 4.95. The van der Waals surface area contributed by atoms with E-state index in [1.807, 2.05) is 0 Å². The van der Waals surface area contributed by atoms with Crippen LogP contribution in [0.15, 0.2) is 46.9 Å². The summed E-state index contributed by atoms with van der Waals surface area (Å²) in [5, 5.41) is 5.74. The number of halogens is 1. The van der Waals surface area contributed by atoms with Crippen LogP contribution in [0.5, 0.6) is 0 Å². The van der Waals surface area contributed by atoms with Crippen LogP contribution >= 0.6 is 0 Å². The van der Waals surface area contributed by atoms with Crippen LogP contribution in [0, 0.1) is 12.7 Å². The number of nitrogens with zero attached hydrogens (tertiary/aromatic N) is 1. The molecule has 1 heterocycles. The molecule has 0 radical (unpaired) electrons. The number of likely N-dealkylation sites (N-methyl/N-ethyl adjacent to an activating group) is 1. The van der Waals surface area contributed by atoms with E-state index in [2.05, 4.69) is 10.6 Å². The van der Waals surface area contributed by atoms with Crippen LogP contribution in [-0.2, 0) is 20.8 Å². The summed E-state index contributed by atoms with van der Waals surface area (Å²) < 4.78 is 19.2. The van der Waals surface area contributed by atoms with Gasteiger partial charge in [-0.15, -0.1) is 0 Å². The van der Waals surface area contributed by atoms with Crippen molar-refractivity contribution in [1.29, 1.82) is 0 Å². The number of nitrogens with one attached hydrogen (secondary N) is 2. The fourth-order valence-corrected chi connectivity index (χ4v) is 3.18. The Morgan fingerprint density at radius 1 is 1.06 bits per heavy atom. The third-order valence-corrected chi connectivity index (χ3v) is 4.95. The number of carbonyl (C=O) groups is 3. The molecule has 1 aromatic heterocycles. The van der Waals surface area contributed by atoms with Crippen molar-refractivity contribution in [3.8, 4) is 0 Å². The van der Waals surface area contributed by atoms with Gasteiger partial charge in [0, 0.05) is 30.7 Å². The highest BCUT2D eigenvalue weighted by atomic mass is 19.1. The molecule has 3 amide bonds. The molecule has 3 rings (SSSR count). The number of rotatable bonds is 5. The zero-order chi connectivity index (χ0) is 22.7. The molecule has 7 nitrogen and oxygen atoms in total. The maximum atomic E-state index is 13.5. The quantitative estimate of drug-likeness (QED) is 0.614. The molecule has 0 aliphatic carbocycles. The lowest BCUT2D eigenvalue weighted by Crippen LogP contribution is -2.37. The Morgan fingerprint density at radius 2 is 1.74 bits per heavy atom. The van der Waals surface area contributed by atoms with Gasteiger partial charge < -0.3 is 20.0 Å². The minimum atomic E-state index is -0.830. The smallest absolute Gasteiger partial charge is 0.313 e. The van der Waals surface area contributed by atoms with Gasteiger partial charge in [0.1, 0.15) is 17.2 Å². The maximum absolute atomic E-state index is 13.5. The van der Waals surface area contributed by atoms with Crippen molar-refractivity contribution in [2.24, 2.45) is 0 Å². The summed E-state index contributed by atoms with van der Waals surface area (Å²) in [6.45, 7) is 3.45. The number of hydrogen-bond acceptors (Lipinski definition) is 4. The highest BCUT2D eigenvalue weighted by Gasteiger charge is 2.22. The van der Waals surface area contributed by atoms with Crippen molar-refractivity contribution >= 4 is 34.4 Å². The molecule has 1 atom stereocenters. The van der Waals surface area contributed by atoms with Gasteiger partial charge in [0.15, 0.2) is 0 Å². The first-order chi connectivity index (χ1) is 14.7. The van der Waals surface area contributed by atoms with E-state index in [9.17, 15) is 18.8 Å². The molecule has 0 fully saturated rings. The van der Waals surface area contributed by atoms with Gasteiger partial charge in [0.25, 0.3) is 0 Å². The predicted octanol–water partition coefficient (Wildman–Crippen LogP) is 3.33. The average molecular weight is 425 g/mol. The number of anilines is 1. The minimum Gasteiger partial charge on any atom is -0.459 e. The van der Waals surface area contributed by atoms with E-state index >= 15 is 0 Å². The Labute approximate surface area is 179 Å². The van der Waals surface area contributed by atoms with E-state index in [-0.39, 0.29) is 18.1 Å². The Bertz CT molecular complexity index is 1140. The van der Waals surface area contributed by atoms with Crippen LogP contribution in [0.4, 0.5) is 10.1 Å². The Kier molecular flexibility index (Phi) is 6.39. The van der Waals surface area contributed by atoms with Gasteiger partial charge in [-0.2, -0.15) is 0 Å². The first-order valence-electron chi connectivity index (χ1n) is 9.75. The Balaban J connectivity index is 1.62. The zero-order valence-electron chi connectivity index (χ0n) is 17.8. The molecular weight excluding hydrogens is 401 g/mol. The molecule has 0 saturated carbocycles. The summed E-state index contributed by atoms with van der Waals surface area (Å²) in [5.41, 5.74) is 2.44. The molecule has 0 bridgehead atoms. The second-order valence-electron chi connectivity index (χ2n) is 7.54. The molecule has 2 aromatic carbocycles. The van der Waals surface area contributed by atoms with Crippen LogP contribution in [0.25, 0.3) is 11.0 Å². The first-order valence-corrected chi connectivity index (χ1v) is 9.75. The number of benzene rings is 2. The standard InChI is InChI=1S/C23H24FN3O4/c1-13-18-12-16(24)7-10-19(18)31-21(13)14(2)25-22(29)23(30)26-17-8-5-15(6-9-17)11-20(28)27(3)4/h5-10,12,14H,11H2,1-4H3,(H,25,29)(H,26,30). The molecule has 0 aliphatic rings. The summed E-state index contributed by atoms with van der Waals surface area (Å²) >= 11 is 0. The lowest BCUT2D eigenvalue weighted by atomic mass is 10.1. The van der Waals surface area contributed by atoms with Gasteiger partial charge in [0.05, 0.1) is 12.5 Å². The SMILES string of the molecule is Cc1c(C(C)NC(=O)C(=O)Nc2ccc(CC(=O)N(C)C)cc2)oc2ccc(F)cc12. The van der Waals surface area contributed by atoms with Crippen molar-refractivity contribution in [2.45, 2.75) is 26.3 Å². The fraction of sp³-hybridized carbons (Fsp3) is 0.261. The zero-order valence-corrected chi connectivity index (χ0v) is 17.8. The number of furan rings is 1. The van der Waals surface area contributed by atoms with E-state index in [4.69, 9.17) is 4.42 Å². The molecule has 0 saturated heterocycles. The fourth-order valence-electron chi connectivity index (χ4n) is 3.18. The van der Waals surface area contributed by atoms with Gasteiger partial charge in [0.2, 0.25) is 5.91 Å². The molecule has 8 heteroatoms. The third kappa shape index (κ3) is 5.09. The highest BCUT2D eigenvalue weighted by molar-refractivity contribution is 6.39. The van der Waals surface area contributed by atoms with Crippen molar-refractivity contribution in [3.63, 3.8) is 0 Å². The lowest BCUT2D eigenvalue weighted by molar-refractivity contribution is -0.136. The number of hydrogen-bond donors (Lipinski definition) is 2. The summed E-state index contributed by atoms with van der Waals surface area (Å²) in [6.07, 6.45) is 0.250. The summed E-state index contributed by atoms with van der Waals surface area (Å²) in [7, 11) is 3.36. The van der Waals surface area contributed by atoms with E-state index in [1.165, 1.54) is 23.1 Å².